The van der Waals surface area contributed by atoms with Crippen LogP contribution < -0.4 is 10.2 Å². The van der Waals surface area contributed by atoms with Gasteiger partial charge in [0.15, 0.2) is 5.76 Å². The smallest absolute Gasteiger partial charge is 0.295 e. The summed E-state index contributed by atoms with van der Waals surface area (Å²) in [5.74, 6) is -0.0289. The first-order valence-corrected chi connectivity index (χ1v) is 12.6. The van der Waals surface area contributed by atoms with Gasteiger partial charge in [-0.1, -0.05) is 12.8 Å². The van der Waals surface area contributed by atoms with Crippen LogP contribution in [0.2, 0.25) is 0 Å². The lowest BCUT2D eigenvalue weighted by molar-refractivity contribution is -0.384. The largest absolute Gasteiger partial charge is 0.423 e. The normalized spacial score (nSPS) is 22.4. The fourth-order valence-corrected chi connectivity index (χ4v) is 5.70. The highest BCUT2D eigenvalue weighted by Gasteiger charge is 2.31. The van der Waals surface area contributed by atoms with Crippen LogP contribution in [0.1, 0.15) is 44.9 Å². The van der Waals surface area contributed by atoms with Crippen LogP contribution in [0.4, 0.5) is 26.2 Å². The van der Waals surface area contributed by atoms with Crippen LogP contribution in [-0.2, 0) is 0 Å². The molecule has 0 radical (unpaired) electrons. The van der Waals surface area contributed by atoms with E-state index in [2.05, 4.69) is 15.2 Å². The van der Waals surface area contributed by atoms with E-state index in [1.807, 2.05) is 12.1 Å². The second-order valence-corrected chi connectivity index (χ2v) is 9.91. The van der Waals surface area contributed by atoms with Gasteiger partial charge in [0.1, 0.15) is 11.6 Å². The van der Waals surface area contributed by atoms with E-state index in [0.29, 0.717) is 17.9 Å². The van der Waals surface area contributed by atoms with E-state index in [-0.39, 0.29) is 28.0 Å². The second kappa shape index (κ2) is 10.6. The molecule has 0 bridgehead atoms. The minimum Gasteiger partial charge on any atom is -0.423 e. The Morgan fingerprint density at radius 3 is 2.67 bits per heavy atom. The van der Waals surface area contributed by atoms with Crippen LogP contribution in [0.3, 0.4) is 0 Å². The van der Waals surface area contributed by atoms with E-state index >= 15 is 0 Å². The Hall–Kier alpha value is -3.49. The van der Waals surface area contributed by atoms with Crippen molar-refractivity contribution in [3.63, 3.8) is 0 Å². The quantitative estimate of drug-likeness (QED) is 0.286. The molecular formula is C27H30F2N4O3. The maximum Gasteiger partial charge on any atom is 0.295 e. The van der Waals surface area contributed by atoms with E-state index in [1.54, 1.807) is 12.1 Å². The zero-order valence-electron chi connectivity index (χ0n) is 20.0. The van der Waals surface area contributed by atoms with E-state index in [9.17, 15) is 18.9 Å². The van der Waals surface area contributed by atoms with Crippen molar-refractivity contribution in [2.75, 3.05) is 23.3 Å². The lowest BCUT2D eigenvalue weighted by Gasteiger charge is -2.39. The number of non-ortho nitro benzene ring substituents is 1. The fraction of sp³-hybridized carbons (Fsp3) is 0.444. The zero-order valence-corrected chi connectivity index (χ0v) is 20.0. The van der Waals surface area contributed by atoms with Gasteiger partial charge in [0.25, 0.3) is 11.7 Å². The number of halogens is 2. The number of nitro benzene ring substituents is 1. The monoisotopic (exact) mass is 496 g/mol. The number of nitro groups is 1. The Labute approximate surface area is 208 Å². The van der Waals surface area contributed by atoms with E-state index in [0.717, 1.165) is 56.9 Å². The molecule has 2 fully saturated rings. The number of benzene rings is 2. The molecule has 1 aliphatic heterocycles. The molecule has 190 valence electrons. The third-order valence-electron chi connectivity index (χ3n) is 7.50. The molecule has 5 rings (SSSR count). The molecule has 3 aromatic rings. The molecule has 9 heteroatoms. The minimum absolute atomic E-state index is 0.111. The second-order valence-electron chi connectivity index (χ2n) is 9.91. The van der Waals surface area contributed by atoms with Gasteiger partial charge in [-0.15, -0.1) is 0 Å². The first-order valence-electron chi connectivity index (χ1n) is 12.6. The van der Waals surface area contributed by atoms with Crippen LogP contribution in [0.5, 0.6) is 0 Å². The summed E-state index contributed by atoms with van der Waals surface area (Å²) in [5.41, 5.74) is 1.33. The van der Waals surface area contributed by atoms with Crippen molar-refractivity contribution in [2.24, 2.45) is 11.8 Å². The molecule has 7 nitrogen and oxygen atoms in total. The van der Waals surface area contributed by atoms with Gasteiger partial charge in [0.2, 0.25) is 0 Å². The van der Waals surface area contributed by atoms with Crippen molar-refractivity contribution in [2.45, 2.75) is 51.0 Å². The number of piperidine rings is 1. The molecule has 1 N–H and O–H groups in total. The standard InChI is InChI=1S/C27H30F2N4O3/c28-20-7-12-23(24(29)15-20)26-16-30-27(36-26)31-25-6-2-1-5-19(25)14-18-4-3-13-32(17-18)21-8-10-22(11-9-21)33(34)35/h7-12,15-16,18-19,25H,1-6,13-14,17H2,(H,30,31)/t18-,19+,25-/m1/s1. The number of hydrogen-bond acceptors (Lipinski definition) is 6. The molecule has 36 heavy (non-hydrogen) atoms. The molecule has 2 heterocycles. The van der Waals surface area contributed by atoms with Gasteiger partial charge in [-0.2, -0.15) is 0 Å². The number of nitrogens with one attached hydrogen (secondary N) is 1. The molecule has 0 amide bonds. The average molecular weight is 497 g/mol. The summed E-state index contributed by atoms with van der Waals surface area (Å²) in [6.45, 7) is 1.90. The summed E-state index contributed by atoms with van der Waals surface area (Å²) in [6, 6.07) is 10.8. The highest BCUT2D eigenvalue weighted by Crippen LogP contribution is 2.36. The molecule has 2 aliphatic rings. The number of nitrogens with zero attached hydrogens (tertiary/aromatic N) is 3. The number of anilines is 2. The number of hydrogen-bond donors (Lipinski definition) is 1. The SMILES string of the molecule is O=[N+]([O-])c1ccc(N2CCC[C@H](C[C@@H]3CCCC[C@H]3Nc3ncc(-c4ccc(F)cc4F)o3)C2)cc1. The van der Waals surface area contributed by atoms with Crippen molar-refractivity contribution in [3.05, 3.63) is 70.4 Å². The van der Waals surface area contributed by atoms with Gasteiger partial charge in [-0.25, -0.2) is 13.8 Å². The van der Waals surface area contributed by atoms with Gasteiger partial charge >= 0.3 is 0 Å². The third kappa shape index (κ3) is 5.50. The topological polar surface area (TPSA) is 84.4 Å². The predicted octanol–water partition coefficient (Wildman–Crippen LogP) is 6.81. The Bertz CT molecular complexity index is 1200. The van der Waals surface area contributed by atoms with Crippen molar-refractivity contribution >= 4 is 17.4 Å². The van der Waals surface area contributed by atoms with Crippen LogP contribution in [0.25, 0.3) is 11.3 Å². The van der Waals surface area contributed by atoms with Gasteiger partial charge in [-0.3, -0.25) is 10.1 Å². The van der Waals surface area contributed by atoms with Gasteiger partial charge in [0, 0.05) is 43.0 Å². The zero-order chi connectivity index (χ0) is 25.1. The highest BCUT2D eigenvalue weighted by atomic mass is 19.1. The molecule has 1 saturated heterocycles. The predicted molar refractivity (Wildman–Crippen MR) is 134 cm³/mol. The summed E-state index contributed by atoms with van der Waals surface area (Å²) in [6.07, 6.45) is 9.30. The van der Waals surface area contributed by atoms with Crippen LogP contribution in [0.15, 0.2) is 53.1 Å². The summed E-state index contributed by atoms with van der Waals surface area (Å²) in [5, 5.41) is 14.4. The Balaban J connectivity index is 1.22. The summed E-state index contributed by atoms with van der Waals surface area (Å²) >= 11 is 0. The maximum absolute atomic E-state index is 14.2. The molecular weight excluding hydrogens is 466 g/mol. The highest BCUT2D eigenvalue weighted by molar-refractivity contribution is 5.58. The average Bonchev–Trinajstić information content (AvgIpc) is 3.33. The Kier molecular flexibility index (Phi) is 7.16. The Morgan fingerprint density at radius 1 is 1.08 bits per heavy atom. The van der Waals surface area contributed by atoms with Gasteiger partial charge in [0.05, 0.1) is 16.7 Å². The van der Waals surface area contributed by atoms with Crippen LogP contribution in [0, 0.1) is 33.6 Å². The fourth-order valence-electron chi connectivity index (χ4n) is 5.70. The summed E-state index contributed by atoms with van der Waals surface area (Å²) < 4.78 is 33.2. The lowest BCUT2D eigenvalue weighted by Crippen LogP contribution is -2.39. The number of oxazole rings is 1. The molecule has 3 atom stereocenters. The number of aromatic nitrogens is 1. The van der Waals surface area contributed by atoms with Gasteiger partial charge in [-0.05, 0) is 68.2 Å². The first-order chi connectivity index (χ1) is 17.5. The third-order valence-corrected chi connectivity index (χ3v) is 7.50. The van der Waals surface area contributed by atoms with Crippen molar-refractivity contribution < 1.29 is 18.1 Å². The summed E-state index contributed by atoms with van der Waals surface area (Å²) in [4.78, 5) is 17.2. The Morgan fingerprint density at radius 2 is 1.89 bits per heavy atom. The van der Waals surface area contributed by atoms with E-state index < -0.39 is 11.6 Å². The molecule has 1 aliphatic carbocycles. The van der Waals surface area contributed by atoms with Crippen molar-refractivity contribution in [3.8, 4) is 11.3 Å². The van der Waals surface area contributed by atoms with Crippen molar-refractivity contribution in [1.82, 2.24) is 4.98 Å². The molecule has 1 saturated carbocycles. The van der Waals surface area contributed by atoms with Crippen LogP contribution in [-0.4, -0.2) is 29.0 Å². The molecule has 1 aromatic heterocycles. The lowest BCUT2D eigenvalue weighted by atomic mass is 9.77. The maximum atomic E-state index is 14.2. The summed E-state index contributed by atoms with van der Waals surface area (Å²) in [7, 11) is 0. The molecule has 2 aromatic carbocycles. The van der Waals surface area contributed by atoms with E-state index in [1.165, 1.54) is 31.2 Å². The molecule has 0 spiro atoms. The van der Waals surface area contributed by atoms with E-state index in [4.69, 9.17) is 4.42 Å². The number of rotatable bonds is 7. The van der Waals surface area contributed by atoms with Crippen molar-refractivity contribution in [1.29, 1.82) is 0 Å². The minimum atomic E-state index is -0.678. The van der Waals surface area contributed by atoms with Crippen LogP contribution >= 0.6 is 0 Å². The molecule has 0 unspecified atom stereocenters. The van der Waals surface area contributed by atoms with Gasteiger partial charge < -0.3 is 14.6 Å². The first kappa shape index (κ1) is 24.2.